The second-order valence-corrected chi connectivity index (χ2v) is 3.90. The summed E-state index contributed by atoms with van der Waals surface area (Å²) in [6.45, 7) is 6.21. The van der Waals surface area contributed by atoms with Crippen LogP contribution in [0.4, 0.5) is 4.79 Å². The van der Waals surface area contributed by atoms with E-state index in [2.05, 4.69) is 20.8 Å². The predicted molar refractivity (Wildman–Crippen MR) is 44.3 cm³/mol. The lowest BCUT2D eigenvalue weighted by atomic mass is 10.2. The van der Waals surface area contributed by atoms with Gasteiger partial charge in [0.2, 0.25) is 0 Å². The molecule has 1 unspecified atom stereocenters. The van der Waals surface area contributed by atoms with E-state index in [0.717, 1.165) is 5.75 Å². The number of carbonyl (C=O) groups excluding carboxylic acids is 1. The molecule has 0 aromatic rings. The van der Waals surface area contributed by atoms with Crippen molar-refractivity contribution in [2.75, 3.05) is 5.75 Å². The first kappa shape index (κ1) is 7.92. The van der Waals surface area contributed by atoms with Crippen LogP contribution in [0.15, 0.2) is 0 Å². The highest BCUT2D eigenvalue weighted by Crippen LogP contribution is 2.25. The maximum absolute atomic E-state index is 11.1. The lowest BCUT2D eigenvalue weighted by molar-refractivity contribution is 0.197. The van der Waals surface area contributed by atoms with Gasteiger partial charge in [0.1, 0.15) is 0 Å². The number of rotatable bonds is 1. The molecule has 1 rings (SSSR count). The van der Waals surface area contributed by atoms with Gasteiger partial charge in [-0.1, -0.05) is 11.8 Å². The molecule has 1 saturated heterocycles. The van der Waals surface area contributed by atoms with E-state index in [9.17, 15) is 4.79 Å². The Morgan fingerprint density at radius 2 is 2.30 bits per heavy atom. The average molecular weight is 159 g/mol. The summed E-state index contributed by atoms with van der Waals surface area (Å²) in [6.07, 6.45) is 0. The van der Waals surface area contributed by atoms with Crippen LogP contribution in [0, 0.1) is 0 Å². The Morgan fingerprint density at radius 3 is 2.50 bits per heavy atom. The van der Waals surface area contributed by atoms with Crippen molar-refractivity contribution >= 4 is 17.0 Å². The van der Waals surface area contributed by atoms with Crippen molar-refractivity contribution in [1.29, 1.82) is 0 Å². The van der Waals surface area contributed by atoms with Gasteiger partial charge in [0.25, 0.3) is 5.24 Å². The highest BCUT2D eigenvalue weighted by molar-refractivity contribution is 8.13. The summed E-state index contributed by atoms with van der Waals surface area (Å²) >= 11 is 1.43. The zero-order chi connectivity index (χ0) is 7.72. The highest BCUT2D eigenvalue weighted by Gasteiger charge is 2.29. The van der Waals surface area contributed by atoms with E-state index in [4.69, 9.17) is 0 Å². The van der Waals surface area contributed by atoms with Gasteiger partial charge < -0.3 is 4.90 Å². The van der Waals surface area contributed by atoms with Crippen LogP contribution in [0.5, 0.6) is 0 Å². The van der Waals surface area contributed by atoms with E-state index >= 15 is 0 Å². The van der Waals surface area contributed by atoms with Gasteiger partial charge >= 0.3 is 0 Å². The smallest absolute Gasteiger partial charge is 0.282 e. The van der Waals surface area contributed by atoms with Crippen LogP contribution >= 0.6 is 11.8 Å². The molecule has 0 aromatic carbocycles. The largest absolute Gasteiger partial charge is 0.328 e. The molecule has 1 aliphatic heterocycles. The van der Waals surface area contributed by atoms with Gasteiger partial charge in [0, 0.05) is 17.8 Å². The Labute approximate surface area is 66.0 Å². The predicted octanol–water partition coefficient (Wildman–Crippen LogP) is 1.95. The molecule has 1 fully saturated rings. The summed E-state index contributed by atoms with van der Waals surface area (Å²) in [7, 11) is 0. The van der Waals surface area contributed by atoms with Crippen LogP contribution in [0.25, 0.3) is 0 Å². The third-order valence-corrected chi connectivity index (χ3v) is 2.80. The van der Waals surface area contributed by atoms with E-state index in [1.54, 1.807) is 0 Å². The van der Waals surface area contributed by atoms with Gasteiger partial charge in [-0.15, -0.1) is 0 Å². The Bertz CT molecular complexity index is 147. The Morgan fingerprint density at radius 1 is 1.70 bits per heavy atom. The fourth-order valence-electron chi connectivity index (χ4n) is 1.25. The van der Waals surface area contributed by atoms with E-state index in [-0.39, 0.29) is 5.24 Å². The summed E-state index contributed by atoms with van der Waals surface area (Å²) < 4.78 is 0. The van der Waals surface area contributed by atoms with Crippen LogP contribution in [-0.4, -0.2) is 28.0 Å². The number of carbonyl (C=O) groups is 1. The van der Waals surface area contributed by atoms with Crippen molar-refractivity contribution in [3.8, 4) is 0 Å². The van der Waals surface area contributed by atoms with Gasteiger partial charge in [0.15, 0.2) is 0 Å². The van der Waals surface area contributed by atoms with Crippen LogP contribution < -0.4 is 0 Å². The molecule has 10 heavy (non-hydrogen) atoms. The highest BCUT2D eigenvalue weighted by atomic mass is 32.2. The van der Waals surface area contributed by atoms with Crippen LogP contribution in [0.1, 0.15) is 20.8 Å². The summed E-state index contributed by atoms with van der Waals surface area (Å²) in [5, 5.41) is 0.238. The first-order chi connectivity index (χ1) is 4.63. The molecule has 0 N–H and O–H groups in total. The number of amides is 1. The molecule has 0 aromatic heterocycles. The van der Waals surface area contributed by atoms with Gasteiger partial charge in [-0.2, -0.15) is 0 Å². The van der Waals surface area contributed by atoms with E-state index in [0.29, 0.717) is 12.1 Å². The molecule has 1 heterocycles. The normalized spacial score (nSPS) is 26.6. The van der Waals surface area contributed by atoms with E-state index in [1.807, 2.05) is 4.90 Å². The van der Waals surface area contributed by atoms with Gasteiger partial charge in [0.05, 0.1) is 0 Å². The Kier molecular flexibility index (Phi) is 2.24. The molecule has 0 bridgehead atoms. The van der Waals surface area contributed by atoms with Crippen molar-refractivity contribution in [1.82, 2.24) is 4.90 Å². The molecule has 0 saturated carbocycles. The van der Waals surface area contributed by atoms with E-state index < -0.39 is 0 Å². The quantitative estimate of drug-likeness (QED) is 0.583. The monoisotopic (exact) mass is 159 g/mol. The standard InChI is InChI=1S/C7H13NOS/c1-5(2)8-6(3)4-10-7(8)9/h5-6H,4H2,1-3H3. The second-order valence-electron chi connectivity index (χ2n) is 2.93. The van der Waals surface area contributed by atoms with E-state index in [1.165, 1.54) is 11.8 Å². The van der Waals surface area contributed by atoms with Crippen molar-refractivity contribution in [3.63, 3.8) is 0 Å². The van der Waals surface area contributed by atoms with Crippen molar-refractivity contribution in [2.24, 2.45) is 0 Å². The molecule has 1 atom stereocenters. The molecule has 2 nitrogen and oxygen atoms in total. The maximum atomic E-state index is 11.1. The van der Waals surface area contributed by atoms with Crippen molar-refractivity contribution < 1.29 is 4.79 Å². The fraction of sp³-hybridized carbons (Fsp3) is 0.857. The van der Waals surface area contributed by atoms with Crippen LogP contribution in [0.3, 0.4) is 0 Å². The summed E-state index contributed by atoms with van der Waals surface area (Å²) in [4.78, 5) is 13.1. The number of hydrogen-bond donors (Lipinski definition) is 0. The number of nitrogens with zero attached hydrogens (tertiary/aromatic N) is 1. The fourth-order valence-corrected chi connectivity index (χ4v) is 2.33. The second kappa shape index (κ2) is 2.82. The first-order valence-electron chi connectivity index (χ1n) is 3.58. The zero-order valence-corrected chi connectivity index (χ0v) is 7.44. The third-order valence-electron chi connectivity index (χ3n) is 1.69. The molecule has 3 heteroatoms. The maximum Gasteiger partial charge on any atom is 0.282 e. The molecule has 1 amide bonds. The topological polar surface area (TPSA) is 20.3 Å². The van der Waals surface area contributed by atoms with Crippen molar-refractivity contribution in [3.05, 3.63) is 0 Å². The van der Waals surface area contributed by atoms with Gasteiger partial charge in [-0.25, -0.2) is 0 Å². The summed E-state index contributed by atoms with van der Waals surface area (Å²) in [5.74, 6) is 0.955. The lowest BCUT2D eigenvalue weighted by Crippen LogP contribution is -2.36. The number of thioether (sulfide) groups is 1. The molecule has 1 aliphatic rings. The molecule has 0 aliphatic carbocycles. The summed E-state index contributed by atoms with van der Waals surface area (Å²) in [5.41, 5.74) is 0. The minimum atomic E-state index is 0.238. The minimum Gasteiger partial charge on any atom is -0.328 e. The van der Waals surface area contributed by atoms with Gasteiger partial charge in [-0.05, 0) is 20.8 Å². The third kappa shape index (κ3) is 1.29. The molecule has 58 valence electrons. The Hall–Kier alpha value is -0.180. The SMILES string of the molecule is CC(C)N1C(=O)SCC1C. The lowest BCUT2D eigenvalue weighted by Gasteiger charge is -2.24. The Balaban J connectivity index is 2.63. The number of hydrogen-bond acceptors (Lipinski definition) is 2. The van der Waals surface area contributed by atoms with Crippen LogP contribution in [0.2, 0.25) is 0 Å². The molecular formula is C7H13NOS. The zero-order valence-electron chi connectivity index (χ0n) is 6.63. The molecule has 0 radical (unpaired) electrons. The average Bonchev–Trinajstić information content (AvgIpc) is 2.11. The van der Waals surface area contributed by atoms with Gasteiger partial charge in [-0.3, -0.25) is 4.79 Å². The van der Waals surface area contributed by atoms with Crippen molar-refractivity contribution in [2.45, 2.75) is 32.9 Å². The molecule has 0 spiro atoms. The minimum absolute atomic E-state index is 0.238. The molecular weight excluding hydrogens is 146 g/mol. The summed E-state index contributed by atoms with van der Waals surface area (Å²) in [6, 6.07) is 0.787. The first-order valence-corrected chi connectivity index (χ1v) is 4.56. The van der Waals surface area contributed by atoms with Crippen LogP contribution in [-0.2, 0) is 0 Å².